The van der Waals surface area contributed by atoms with Crippen LogP contribution < -0.4 is 0 Å². The summed E-state index contributed by atoms with van der Waals surface area (Å²) in [4.78, 5) is 44.2. The van der Waals surface area contributed by atoms with Crippen LogP contribution in [0.2, 0.25) is 0 Å². The summed E-state index contributed by atoms with van der Waals surface area (Å²) in [5.74, 6) is 0.899. The molecule has 0 saturated heterocycles. The van der Waals surface area contributed by atoms with Crippen molar-refractivity contribution in [1.82, 2.24) is 58.1 Å². The third-order valence-corrected chi connectivity index (χ3v) is 18.4. The van der Waals surface area contributed by atoms with Crippen LogP contribution in [-0.2, 0) is 0 Å². The molecule has 0 radical (unpaired) electrons. The number of para-hydroxylation sites is 4. The second kappa shape index (κ2) is 21.3. The van der Waals surface area contributed by atoms with E-state index in [1.165, 1.54) is 0 Å². The van der Waals surface area contributed by atoms with Crippen molar-refractivity contribution in [2.24, 2.45) is 0 Å². The van der Waals surface area contributed by atoms with Crippen molar-refractivity contribution in [3.63, 3.8) is 0 Å². The predicted octanol–water partition coefficient (Wildman–Crippen LogP) is 19.2. The van der Waals surface area contributed by atoms with Crippen LogP contribution in [0.3, 0.4) is 0 Å². The van der Waals surface area contributed by atoms with E-state index in [1.807, 2.05) is 73.8 Å². The van der Waals surface area contributed by atoms with Gasteiger partial charge in [-0.05, 0) is 60.7 Å². The van der Waals surface area contributed by atoms with E-state index in [0.29, 0.717) is 22.8 Å². The smallest absolute Gasteiger partial charge is 0.164 e. The first-order valence-electron chi connectivity index (χ1n) is 31.3. The molecule has 9 aromatic carbocycles. The van der Waals surface area contributed by atoms with E-state index in [4.69, 9.17) is 39.9 Å². The number of fused-ring (bicyclic) bond motifs is 12. The van der Waals surface area contributed by atoms with Crippen molar-refractivity contribution >= 4 is 87.2 Å². The third kappa shape index (κ3) is 8.12. The van der Waals surface area contributed by atoms with Gasteiger partial charge < -0.3 is 18.3 Å². The average Bonchev–Trinajstić information content (AvgIpc) is 1.40. The van der Waals surface area contributed by atoms with Gasteiger partial charge in [0.05, 0.1) is 126 Å². The highest BCUT2D eigenvalue weighted by atomic mass is 15.1. The molecule has 94 heavy (non-hydrogen) atoms. The molecular weight excluding hydrogens is 1150 g/mol. The lowest BCUT2D eigenvalue weighted by molar-refractivity contribution is 1.02. The zero-order valence-corrected chi connectivity index (χ0v) is 50.2. The molecule has 19 rings (SSSR count). The molecule has 10 heterocycles. The van der Waals surface area contributed by atoms with Gasteiger partial charge in [0.1, 0.15) is 0 Å². The zero-order chi connectivity index (χ0) is 61.8. The molecule has 0 bridgehead atoms. The van der Waals surface area contributed by atoms with Gasteiger partial charge in [-0.15, -0.1) is 0 Å². The predicted molar refractivity (Wildman–Crippen MR) is 379 cm³/mol. The van der Waals surface area contributed by atoms with Gasteiger partial charge in [-0.25, -0.2) is 19.9 Å². The lowest BCUT2D eigenvalue weighted by Crippen LogP contribution is -2.17. The minimum atomic E-state index is 0.450. The molecule has 0 fully saturated rings. The summed E-state index contributed by atoms with van der Waals surface area (Å²) in [5.41, 5.74) is 18.0. The molecule has 438 valence electrons. The summed E-state index contributed by atoms with van der Waals surface area (Å²) >= 11 is 0. The first kappa shape index (κ1) is 52.8. The highest BCUT2D eigenvalue weighted by Crippen LogP contribution is 2.54. The molecule has 12 heteroatoms. The lowest BCUT2D eigenvalue weighted by atomic mass is 9.95. The van der Waals surface area contributed by atoms with Gasteiger partial charge in [0, 0.05) is 90.1 Å². The van der Waals surface area contributed by atoms with Crippen LogP contribution in [-0.4, -0.2) is 58.1 Å². The second-order valence-corrected chi connectivity index (χ2v) is 23.5. The second-order valence-electron chi connectivity index (χ2n) is 23.5. The molecule has 0 spiro atoms. The Morgan fingerprint density at radius 2 is 0.415 bits per heavy atom. The summed E-state index contributed by atoms with van der Waals surface area (Å²) in [6.07, 6.45) is 15.5. The Labute approximate surface area is 537 Å². The molecule has 0 aliphatic rings. The van der Waals surface area contributed by atoms with Gasteiger partial charge in [0.25, 0.3) is 0 Å². The fourth-order valence-electron chi connectivity index (χ4n) is 14.4. The Hall–Kier alpha value is -13.1. The molecular formula is C82H50N12. The summed E-state index contributed by atoms with van der Waals surface area (Å²) in [6.45, 7) is 0. The Kier molecular flexibility index (Phi) is 12.0. The summed E-state index contributed by atoms with van der Waals surface area (Å²) < 4.78 is 9.59. The Morgan fingerprint density at radius 3 is 0.660 bits per heavy atom. The molecule has 0 aliphatic carbocycles. The van der Waals surface area contributed by atoms with E-state index in [0.717, 1.165) is 155 Å². The van der Waals surface area contributed by atoms with Gasteiger partial charge in [-0.3, -0.25) is 19.9 Å². The molecule has 12 nitrogen and oxygen atoms in total. The third-order valence-electron chi connectivity index (χ3n) is 18.4. The van der Waals surface area contributed by atoms with Crippen LogP contribution in [0.15, 0.2) is 304 Å². The molecule has 0 atom stereocenters. The van der Waals surface area contributed by atoms with Crippen molar-refractivity contribution in [3.8, 4) is 90.6 Å². The van der Waals surface area contributed by atoms with E-state index in [9.17, 15) is 0 Å². The van der Waals surface area contributed by atoms with Crippen LogP contribution in [0.4, 0.5) is 0 Å². The minimum absolute atomic E-state index is 0.450. The molecule has 19 aromatic rings. The van der Waals surface area contributed by atoms with Crippen LogP contribution in [0.5, 0.6) is 0 Å². The molecule has 0 amide bonds. The highest BCUT2D eigenvalue weighted by Gasteiger charge is 2.38. The quantitative estimate of drug-likeness (QED) is 0.133. The summed E-state index contributed by atoms with van der Waals surface area (Å²) in [5, 5.41) is 8.13. The lowest BCUT2D eigenvalue weighted by Gasteiger charge is -2.30. The Balaban J connectivity index is 1.19. The SMILES string of the molecule is c1ccc(-c2cc(-c3ccccc3)nc(-c3c(-n4c5ccccc5c5ccncc54)c(-n4c5ccccc5c5ccncc54)c(-c4nc(-c5ccccc5)cc(-c5ccccc5)n4)c(-n4c5ccccc5c5ccncc54)c3-n3c4ccccc4c4ccncc43)n2)cc1. The average molecular weight is 1200 g/mol. The van der Waals surface area contributed by atoms with E-state index in [-0.39, 0.29) is 0 Å². The van der Waals surface area contributed by atoms with Crippen molar-refractivity contribution < 1.29 is 0 Å². The maximum atomic E-state index is 6.02. The first-order chi connectivity index (χ1) is 46.7. The number of aromatic nitrogens is 12. The van der Waals surface area contributed by atoms with Gasteiger partial charge in [0.15, 0.2) is 11.6 Å². The number of hydrogen-bond acceptors (Lipinski definition) is 8. The fourth-order valence-corrected chi connectivity index (χ4v) is 14.4. The van der Waals surface area contributed by atoms with Crippen LogP contribution in [0.1, 0.15) is 0 Å². The van der Waals surface area contributed by atoms with E-state index < -0.39 is 0 Å². The summed E-state index contributed by atoms with van der Waals surface area (Å²) in [7, 11) is 0. The number of benzene rings is 9. The molecule has 0 aliphatic heterocycles. The van der Waals surface area contributed by atoms with Gasteiger partial charge >= 0.3 is 0 Å². The summed E-state index contributed by atoms with van der Waals surface area (Å²) in [6, 6.07) is 89.0. The van der Waals surface area contributed by atoms with Crippen molar-refractivity contribution in [2.75, 3.05) is 0 Å². The highest BCUT2D eigenvalue weighted by molar-refractivity contribution is 6.18. The molecule has 0 unspecified atom stereocenters. The normalized spacial score (nSPS) is 11.8. The van der Waals surface area contributed by atoms with Gasteiger partial charge in [0.2, 0.25) is 0 Å². The minimum Gasteiger partial charge on any atom is -0.305 e. The first-order valence-corrected chi connectivity index (χ1v) is 31.3. The largest absolute Gasteiger partial charge is 0.305 e. The van der Waals surface area contributed by atoms with Crippen molar-refractivity contribution in [3.05, 3.63) is 304 Å². The molecule has 0 N–H and O–H groups in total. The van der Waals surface area contributed by atoms with Crippen LogP contribution >= 0.6 is 0 Å². The van der Waals surface area contributed by atoms with Gasteiger partial charge in [-0.2, -0.15) is 0 Å². The molecule has 0 saturated carbocycles. The maximum absolute atomic E-state index is 6.02. The van der Waals surface area contributed by atoms with E-state index in [2.05, 4.69) is 249 Å². The number of hydrogen-bond donors (Lipinski definition) is 0. The number of pyridine rings is 4. The van der Waals surface area contributed by atoms with Crippen LogP contribution in [0.25, 0.3) is 178 Å². The van der Waals surface area contributed by atoms with Crippen molar-refractivity contribution in [2.45, 2.75) is 0 Å². The van der Waals surface area contributed by atoms with E-state index >= 15 is 0 Å². The number of nitrogens with zero attached hydrogens (tertiary/aromatic N) is 12. The Morgan fingerprint density at radius 1 is 0.202 bits per heavy atom. The maximum Gasteiger partial charge on any atom is 0.164 e. The topological polar surface area (TPSA) is 123 Å². The monoisotopic (exact) mass is 1200 g/mol. The van der Waals surface area contributed by atoms with Crippen LogP contribution in [0, 0.1) is 0 Å². The Bertz CT molecular complexity index is 5270. The number of rotatable bonds is 10. The standard InChI is InChI=1S/C82H50N12/c1-5-21-51(22-6-1)63-45-64(52-23-7-2-8-24-52)88-81(87-63)75-77(91-67-33-17-13-29-55(67)59-37-41-83-47-71(59)91)79(93-69-35-19-15-31-57(69)61-39-43-85-49-73(61)93)76(82-89-65(53-25-9-3-10-26-53)46-66(90-82)54-27-11-4-12-28-54)80(94-70-36-20-16-32-58(70)62-40-44-86-50-74(62)94)78(75)92-68-34-18-14-30-56(68)60-38-42-84-48-72(60)92/h1-50H. The van der Waals surface area contributed by atoms with Crippen molar-refractivity contribution in [1.29, 1.82) is 0 Å². The van der Waals surface area contributed by atoms with E-state index in [1.54, 1.807) is 0 Å². The van der Waals surface area contributed by atoms with Gasteiger partial charge in [-0.1, -0.05) is 194 Å². The zero-order valence-electron chi connectivity index (χ0n) is 50.2. The molecule has 10 aromatic heterocycles. The fraction of sp³-hybridized carbons (Fsp3) is 0.